The SMILES string of the molecule is CC1CCC(C(N)=O)CN1C(=O)c1ccccc1CCN. The molecule has 2 unspecified atom stereocenters. The lowest BCUT2D eigenvalue weighted by Gasteiger charge is -2.37. The van der Waals surface area contributed by atoms with Gasteiger partial charge in [0.25, 0.3) is 5.91 Å². The number of primary amides is 1. The molecule has 0 spiro atoms. The van der Waals surface area contributed by atoms with Crippen LogP contribution in [0, 0.1) is 5.92 Å². The van der Waals surface area contributed by atoms with E-state index in [9.17, 15) is 9.59 Å². The normalized spacial score (nSPS) is 22.1. The van der Waals surface area contributed by atoms with E-state index in [2.05, 4.69) is 0 Å². The Balaban J connectivity index is 2.23. The monoisotopic (exact) mass is 289 g/mol. The number of hydrogen-bond donors (Lipinski definition) is 2. The number of carbonyl (C=O) groups is 2. The zero-order valence-electron chi connectivity index (χ0n) is 12.4. The number of nitrogens with two attached hydrogens (primary N) is 2. The van der Waals surface area contributed by atoms with Crippen molar-refractivity contribution >= 4 is 11.8 Å². The van der Waals surface area contributed by atoms with Crippen molar-refractivity contribution < 1.29 is 9.59 Å². The van der Waals surface area contributed by atoms with Gasteiger partial charge in [0.1, 0.15) is 0 Å². The first-order chi connectivity index (χ1) is 10.0. The third-order valence-electron chi connectivity index (χ3n) is 4.21. The van der Waals surface area contributed by atoms with Gasteiger partial charge in [0.2, 0.25) is 5.91 Å². The van der Waals surface area contributed by atoms with E-state index in [1.165, 1.54) is 0 Å². The molecule has 1 aromatic rings. The molecule has 1 fully saturated rings. The lowest BCUT2D eigenvalue weighted by Crippen LogP contribution is -2.48. The van der Waals surface area contributed by atoms with Crippen molar-refractivity contribution in [2.45, 2.75) is 32.2 Å². The van der Waals surface area contributed by atoms with E-state index in [1.807, 2.05) is 31.2 Å². The molecular weight excluding hydrogens is 266 g/mol. The van der Waals surface area contributed by atoms with Crippen LogP contribution in [0.3, 0.4) is 0 Å². The predicted molar refractivity (Wildman–Crippen MR) is 81.6 cm³/mol. The van der Waals surface area contributed by atoms with Gasteiger partial charge in [-0.15, -0.1) is 0 Å². The second kappa shape index (κ2) is 6.72. The van der Waals surface area contributed by atoms with Crippen molar-refractivity contribution in [3.63, 3.8) is 0 Å². The number of rotatable bonds is 4. The number of nitrogens with zero attached hydrogens (tertiary/aromatic N) is 1. The molecule has 4 N–H and O–H groups in total. The summed E-state index contributed by atoms with van der Waals surface area (Å²) in [6.45, 7) is 2.93. The Morgan fingerprint density at radius 3 is 2.67 bits per heavy atom. The van der Waals surface area contributed by atoms with Gasteiger partial charge in [-0.2, -0.15) is 0 Å². The topological polar surface area (TPSA) is 89.4 Å². The number of piperidine rings is 1. The third kappa shape index (κ3) is 3.42. The van der Waals surface area contributed by atoms with Crippen LogP contribution >= 0.6 is 0 Å². The highest BCUT2D eigenvalue weighted by Gasteiger charge is 2.32. The van der Waals surface area contributed by atoms with Crippen LogP contribution in [0.15, 0.2) is 24.3 Å². The first-order valence-electron chi connectivity index (χ1n) is 7.42. The van der Waals surface area contributed by atoms with E-state index < -0.39 is 0 Å². The molecule has 1 aromatic carbocycles. The lowest BCUT2D eigenvalue weighted by atomic mass is 9.91. The Kier molecular flexibility index (Phi) is 4.96. The van der Waals surface area contributed by atoms with E-state index in [1.54, 1.807) is 4.90 Å². The smallest absolute Gasteiger partial charge is 0.254 e. The maximum absolute atomic E-state index is 12.8. The van der Waals surface area contributed by atoms with Crippen LogP contribution in [-0.4, -0.2) is 35.8 Å². The Morgan fingerprint density at radius 2 is 2.00 bits per heavy atom. The van der Waals surface area contributed by atoms with Gasteiger partial charge in [-0.1, -0.05) is 18.2 Å². The molecule has 21 heavy (non-hydrogen) atoms. The maximum atomic E-state index is 12.8. The highest BCUT2D eigenvalue weighted by Crippen LogP contribution is 2.24. The summed E-state index contributed by atoms with van der Waals surface area (Å²) in [5, 5.41) is 0. The van der Waals surface area contributed by atoms with E-state index in [0.29, 0.717) is 25.1 Å². The molecular formula is C16H23N3O2. The van der Waals surface area contributed by atoms with Gasteiger partial charge >= 0.3 is 0 Å². The van der Waals surface area contributed by atoms with Crippen molar-refractivity contribution in [3.05, 3.63) is 35.4 Å². The molecule has 0 bridgehead atoms. The van der Waals surface area contributed by atoms with Crippen LogP contribution in [0.4, 0.5) is 0 Å². The minimum Gasteiger partial charge on any atom is -0.369 e. The van der Waals surface area contributed by atoms with Crippen molar-refractivity contribution in [1.82, 2.24) is 4.90 Å². The van der Waals surface area contributed by atoms with Crippen LogP contribution in [-0.2, 0) is 11.2 Å². The fraction of sp³-hybridized carbons (Fsp3) is 0.500. The predicted octanol–water partition coefficient (Wildman–Crippen LogP) is 0.914. The van der Waals surface area contributed by atoms with Crippen LogP contribution in [0.25, 0.3) is 0 Å². The quantitative estimate of drug-likeness (QED) is 0.863. The van der Waals surface area contributed by atoms with E-state index >= 15 is 0 Å². The maximum Gasteiger partial charge on any atom is 0.254 e. The molecule has 114 valence electrons. The second-order valence-corrected chi connectivity index (χ2v) is 5.68. The van der Waals surface area contributed by atoms with Gasteiger partial charge in [-0.05, 0) is 44.4 Å². The summed E-state index contributed by atoms with van der Waals surface area (Å²) in [6, 6.07) is 7.65. The molecule has 0 saturated carbocycles. The zero-order chi connectivity index (χ0) is 15.4. The molecule has 5 heteroatoms. The van der Waals surface area contributed by atoms with Crippen molar-refractivity contribution in [2.24, 2.45) is 17.4 Å². The molecule has 5 nitrogen and oxygen atoms in total. The highest BCUT2D eigenvalue weighted by molar-refractivity contribution is 5.96. The van der Waals surface area contributed by atoms with E-state index in [-0.39, 0.29) is 23.8 Å². The summed E-state index contributed by atoms with van der Waals surface area (Å²) in [4.78, 5) is 26.0. The standard InChI is InChI=1S/C16H23N3O2/c1-11-6-7-13(15(18)20)10-19(11)16(21)14-5-3-2-4-12(14)8-9-17/h2-5,11,13H,6-10,17H2,1H3,(H2,18,20). The van der Waals surface area contributed by atoms with Crippen molar-refractivity contribution in [2.75, 3.05) is 13.1 Å². The fourth-order valence-electron chi connectivity index (χ4n) is 2.88. The van der Waals surface area contributed by atoms with Gasteiger partial charge in [0, 0.05) is 18.2 Å². The molecule has 1 aliphatic rings. The number of benzene rings is 1. The first-order valence-corrected chi connectivity index (χ1v) is 7.42. The number of amides is 2. The fourth-order valence-corrected chi connectivity index (χ4v) is 2.88. The van der Waals surface area contributed by atoms with Gasteiger partial charge in [-0.25, -0.2) is 0 Å². The zero-order valence-corrected chi connectivity index (χ0v) is 12.4. The molecule has 2 rings (SSSR count). The highest BCUT2D eigenvalue weighted by atomic mass is 16.2. The Morgan fingerprint density at radius 1 is 1.29 bits per heavy atom. The lowest BCUT2D eigenvalue weighted by molar-refractivity contribution is -0.123. The first kappa shape index (κ1) is 15.5. The van der Waals surface area contributed by atoms with Crippen molar-refractivity contribution in [1.29, 1.82) is 0 Å². The van der Waals surface area contributed by atoms with Crippen LogP contribution in [0.5, 0.6) is 0 Å². The summed E-state index contributed by atoms with van der Waals surface area (Å²) in [6.07, 6.45) is 2.23. The molecule has 0 aliphatic carbocycles. The summed E-state index contributed by atoms with van der Waals surface area (Å²) in [5.41, 5.74) is 12.6. The number of hydrogen-bond acceptors (Lipinski definition) is 3. The summed E-state index contributed by atoms with van der Waals surface area (Å²) in [5.74, 6) is -0.598. The van der Waals surface area contributed by atoms with Crippen LogP contribution in [0.1, 0.15) is 35.7 Å². The van der Waals surface area contributed by atoms with E-state index in [4.69, 9.17) is 11.5 Å². The average Bonchev–Trinajstić information content (AvgIpc) is 2.47. The largest absolute Gasteiger partial charge is 0.369 e. The molecule has 0 radical (unpaired) electrons. The average molecular weight is 289 g/mol. The summed E-state index contributed by atoms with van der Waals surface area (Å²) >= 11 is 0. The minimum atomic E-state index is -0.324. The summed E-state index contributed by atoms with van der Waals surface area (Å²) in [7, 11) is 0. The third-order valence-corrected chi connectivity index (χ3v) is 4.21. The van der Waals surface area contributed by atoms with Gasteiger partial charge < -0.3 is 16.4 Å². The molecule has 1 saturated heterocycles. The van der Waals surface area contributed by atoms with Crippen LogP contribution < -0.4 is 11.5 Å². The van der Waals surface area contributed by atoms with E-state index in [0.717, 1.165) is 18.4 Å². The minimum absolute atomic E-state index is 0.0301. The molecule has 2 amide bonds. The number of likely N-dealkylation sites (tertiary alicyclic amines) is 1. The van der Waals surface area contributed by atoms with Gasteiger partial charge in [0.15, 0.2) is 0 Å². The van der Waals surface area contributed by atoms with Gasteiger partial charge in [-0.3, -0.25) is 9.59 Å². The number of carbonyl (C=O) groups excluding carboxylic acids is 2. The van der Waals surface area contributed by atoms with Gasteiger partial charge in [0.05, 0.1) is 5.92 Å². The Labute approximate surface area is 125 Å². The molecule has 1 aliphatic heterocycles. The molecule has 0 aromatic heterocycles. The second-order valence-electron chi connectivity index (χ2n) is 5.68. The molecule has 2 atom stereocenters. The molecule has 1 heterocycles. The Bertz CT molecular complexity index is 530. The summed E-state index contributed by atoms with van der Waals surface area (Å²) < 4.78 is 0. The van der Waals surface area contributed by atoms with Crippen LogP contribution in [0.2, 0.25) is 0 Å². The van der Waals surface area contributed by atoms with Crippen molar-refractivity contribution in [3.8, 4) is 0 Å². The Hall–Kier alpha value is -1.88.